The fourth-order valence-electron chi connectivity index (χ4n) is 2.37. The SMILES string of the molecule is [2H]c1cc(F)c(C#N)c([2H])c1C([2H])N1CC([2H])([2H])C([2H])(N([2H])c2ncnc3sc(Cl)c([2H])c23)C([2H])([2H])C1. The van der Waals surface area contributed by atoms with Crippen molar-refractivity contribution < 1.29 is 18.1 Å². The van der Waals surface area contributed by atoms with Gasteiger partial charge in [-0.3, -0.25) is 4.90 Å². The summed E-state index contributed by atoms with van der Waals surface area (Å²) in [6.45, 7) is -3.32. The van der Waals surface area contributed by atoms with Crippen LogP contribution < -0.4 is 5.31 Å². The first-order valence-corrected chi connectivity index (χ1v) is 8.83. The third kappa shape index (κ3) is 4.03. The van der Waals surface area contributed by atoms with Crippen molar-refractivity contribution in [1.82, 2.24) is 14.9 Å². The van der Waals surface area contributed by atoms with Crippen LogP contribution in [0.4, 0.5) is 10.2 Å². The van der Waals surface area contributed by atoms with Gasteiger partial charge in [0.25, 0.3) is 0 Å². The predicted octanol–water partition coefficient (Wildman–Crippen LogP) is 4.43. The highest BCUT2D eigenvalue weighted by Crippen LogP contribution is 2.32. The lowest BCUT2D eigenvalue weighted by Gasteiger charge is -2.32. The number of aromatic nitrogens is 2. The summed E-state index contributed by atoms with van der Waals surface area (Å²) in [5, 5.41) is 9.37. The highest BCUT2D eigenvalue weighted by atomic mass is 35.5. The zero-order chi connectivity index (χ0) is 27.7. The van der Waals surface area contributed by atoms with Crippen molar-refractivity contribution in [3.05, 3.63) is 51.8 Å². The number of anilines is 1. The monoisotopic (exact) mass is 411 g/mol. The van der Waals surface area contributed by atoms with E-state index in [-0.39, 0.29) is 25.9 Å². The van der Waals surface area contributed by atoms with Crippen LogP contribution in [0, 0.1) is 17.1 Å². The van der Waals surface area contributed by atoms with E-state index >= 15 is 0 Å². The van der Waals surface area contributed by atoms with Gasteiger partial charge in [0, 0.05) is 32.5 Å². The van der Waals surface area contributed by atoms with Gasteiger partial charge in [-0.2, -0.15) is 5.26 Å². The molecule has 1 atom stereocenters. The normalized spacial score (nSPS) is 27.1. The number of halogens is 2. The molecule has 27 heavy (non-hydrogen) atoms. The lowest BCUT2D eigenvalue weighted by molar-refractivity contribution is 0.211. The molecule has 8 heteroatoms. The fraction of sp³-hybridized carbons (Fsp3) is 0.316. The number of likely N-dealkylation sites (tertiary alicyclic amines) is 1. The van der Waals surface area contributed by atoms with Gasteiger partial charge in [0.15, 0.2) is 1.41 Å². The Balaban J connectivity index is 1.78. The van der Waals surface area contributed by atoms with E-state index in [2.05, 4.69) is 9.97 Å². The van der Waals surface area contributed by atoms with Gasteiger partial charge in [0.05, 0.1) is 20.8 Å². The van der Waals surface area contributed by atoms with Gasteiger partial charge >= 0.3 is 0 Å². The highest BCUT2D eigenvalue weighted by Gasteiger charge is 2.21. The average molecular weight is 412 g/mol. The quantitative estimate of drug-likeness (QED) is 0.687. The zero-order valence-electron chi connectivity index (χ0n) is 23.5. The van der Waals surface area contributed by atoms with E-state index < -0.39 is 73.2 Å². The van der Waals surface area contributed by atoms with E-state index in [0.717, 1.165) is 22.6 Å². The van der Waals surface area contributed by atoms with Crippen molar-refractivity contribution >= 4 is 39.0 Å². The van der Waals surface area contributed by atoms with Crippen LogP contribution in [-0.2, 0) is 6.52 Å². The Morgan fingerprint density at radius 2 is 2.37 bits per heavy atom. The molecule has 3 heterocycles. The maximum absolute atomic E-state index is 14.0. The summed E-state index contributed by atoms with van der Waals surface area (Å²) in [4.78, 5) is 9.02. The number of nitrogens with one attached hydrogen (secondary N) is 1. The molecule has 1 N–H and O–H groups in total. The molecule has 1 saturated heterocycles. The van der Waals surface area contributed by atoms with E-state index in [1.54, 1.807) is 0 Å². The number of hydrogen-bond acceptors (Lipinski definition) is 6. The summed E-state index contributed by atoms with van der Waals surface area (Å²) in [7, 11) is 0. The van der Waals surface area contributed by atoms with E-state index in [4.69, 9.17) is 30.6 Å². The molecule has 1 aliphatic rings. The molecular formula is C19H17ClFN5S. The van der Waals surface area contributed by atoms with E-state index in [9.17, 15) is 4.39 Å². The van der Waals surface area contributed by atoms with Crippen LogP contribution in [0.5, 0.6) is 0 Å². The first-order chi connectivity index (χ1) is 17.1. The van der Waals surface area contributed by atoms with Crippen molar-refractivity contribution in [2.24, 2.45) is 0 Å². The number of benzene rings is 1. The molecule has 3 aromatic rings. The Kier molecular flexibility index (Phi) is 2.81. The minimum Gasteiger partial charge on any atom is -0.367 e. The maximum atomic E-state index is 14.0. The Morgan fingerprint density at radius 3 is 3.15 bits per heavy atom. The second-order valence-corrected chi connectivity index (χ2v) is 6.99. The molecule has 1 unspecified atom stereocenters. The van der Waals surface area contributed by atoms with Crippen LogP contribution in [0.2, 0.25) is 5.75 Å². The second kappa shape index (κ2) is 7.77. The first-order valence-electron chi connectivity index (χ1n) is 12.7. The van der Waals surface area contributed by atoms with Gasteiger partial charge < -0.3 is 5.31 Å². The van der Waals surface area contributed by atoms with Crippen LogP contribution in [0.15, 0.2) is 30.5 Å². The molecule has 0 spiro atoms. The minimum atomic E-state index is -2.95. The molecule has 2 aromatic heterocycles. The number of piperidine rings is 1. The van der Waals surface area contributed by atoms with Gasteiger partial charge in [-0.05, 0) is 36.5 Å². The van der Waals surface area contributed by atoms with E-state index in [1.807, 2.05) is 0 Å². The van der Waals surface area contributed by atoms with Gasteiger partial charge in [-0.1, -0.05) is 17.6 Å². The number of nitriles is 1. The second-order valence-electron chi connectivity index (χ2n) is 5.39. The Labute approximate surface area is 179 Å². The molecule has 1 aliphatic heterocycles. The summed E-state index contributed by atoms with van der Waals surface area (Å²) in [6, 6.07) is -2.38. The Hall–Kier alpha value is -2.27. The molecule has 0 bridgehead atoms. The molecule has 138 valence electrons. The lowest BCUT2D eigenvalue weighted by Crippen LogP contribution is -2.38. The summed E-state index contributed by atoms with van der Waals surface area (Å²) in [5.74, 6) is -1.51. The number of nitrogens with zero attached hydrogens (tertiary/aromatic N) is 4. The van der Waals surface area contributed by atoms with Crippen molar-refractivity contribution in [3.63, 3.8) is 0 Å². The van der Waals surface area contributed by atoms with Gasteiger partial charge in [-0.15, -0.1) is 11.3 Å². The van der Waals surface area contributed by atoms with Gasteiger partial charge in [0.2, 0.25) is 0 Å². The third-order valence-electron chi connectivity index (χ3n) is 3.60. The Bertz CT molecular complexity index is 1430. The molecule has 0 amide bonds. The van der Waals surface area contributed by atoms with Gasteiger partial charge in [0.1, 0.15) is 28.9 Å². The van der Waals surface area contributed by atoms with E-state index in [1.165, 1.54) is 6.07 Å². The topological polar surface area (TPSA) is 64.8 Å². The molecule has 0 saturated carbocycles. The third-order valence-corrected chi connectivity index (χ3v) is 4.71. The summed E-state index contributed by atoms with van der Waals surface area (Å²) < 4.78 is 98.9. The predicted molar refractivity (Wildman–Crippen MR) is 105 cm³/mol. The lowest BCUT2D eigenvalue weighted by atomic mass is 10.0. The smallest absolute Gasteiger partial charge is 0.162 e. The largest absolute Gasteiger partial charge is 0.367 e. The van der Waals surface area contributed by atoms with Crippen LogP contribution in [-0.4, -0.2) is 34.0 Å². The first kappa shape index (κ1) is 9.78. The van der Waals surface area contributed by atoms with Crippen LogP contribution >= 0.6 is 22.9 Å². The van der Waals surface area contributed by atoms with Crippen LogP contribution in [0.3, 0.4) is 0 Å². The Morgan fingerprint density at radius 1 is 1.56 bits per heavy atom. The summed E-state index contributed by atoms with van der Waals surface area (Å²) in [6.07, 6.45) is -4.70. The molecule has 4 rings (SSSR count). The minimum absolute atomic E-state index is 0.0236. The standard InChI is InChI=1S/C19H17ClFN5S/c20-17-8-15-18(23-11-24-19(15)27-17)25-14-3-5-26(6-4-14)10-12-1-2-16(21)13(7-12)9-22/h1-2,7-8,11,14H,3-6,10H2,(H,23,24,25)/i1D,3D2,4D2,7D,8D,10D,14D/hD. The van der Waals surface area contributed by atoms with Crippen LogP contribution in [0.1, 0.15) is 36.2 Å². The number of thiophene rings is 1. The zero-order valence-corrected chi connectivity index (χ0v) is 15.1. The van der Waals surface area contributed by atoms with E-state index in [0.29, 0.717) is 6.07 Å². The molecule has 1 fully saturated rings. The summed E-state index contributed by atoms with van der Waals surface area (Å²) >= 11 is 6.93. The number of hydrogen-bond donors (Lipinski definition) is 1. The average Bonchev–Trinajstić information content (AvgIpc) is 3.09. The van der Waals surface area contributed by atoms with Crippen molar-refractivity contribution in [2.75, 3.05) is 18.4 Å². The van der Waals surface area contributed by atoms with Crippen molar-refractivity contribution in [3.8, 4) is 6.07 Å². The van der Waals surface area contributed by atoms with Crippen molar-refractivity contribution in [2.45, 2.75) is 25.3 Å². The fourth-order valence-corrected chi connectivity index (χ4v) is 3.35. The number of fused-ring (bicyclic) bond motifs is 1. The van der Waals surface area contributed by atoms with Gasteiger partial charge in [-0.25, -0.2) is 14.4 Å². The highest BCUT2D eigenvalue weighted by molar-refractivity contribution is 7.22. The molecule has 0 aliphatic carbocycles. The van der Waals surface area contributed by atoms with Crippen LogP contribution in [0.25, 0.3) is 10.2 Å². The molecule has 1 aromatic carbocycles. The van der Waals surface area contributed by atoms with Crippen molar-refractivity contribution in [1.29, 1.82) is 5.26 Å². The summed E-state index contributed by atoms with van der Waals surface area (Å²) in [5.41, 5.74) is -1.12. The number of rotatable bonds is 4. The molecule has 0 radical (unpaired) electrons. The molecular weight excluding hydrogens is 385 g/mol. The maximum Gasteiger partial charge on any atom is 0.162 e. The molecule has 5 nitrogen and oxygen atoms in total.